The summed E-state index contributed by atoms with van der Waals surface area (Å²) in [5.41, 5.74) is -0.551. The molecule has 2 saturated heterocycles. The minimum atomic E-state index is -1.06. The first-order chi connectivity index (χ1) is 9.69. The van der Waals surface area contributed by atoms with Crippen LogP contribution < -0.4 is 0 Å². The minimum Gasteiger partial charge on any atom is -0.481 e. The van der Waals surface area contributed by atoms with E-state index in [1.165, 1.54) is 0 Å². The summed E-state index contributed by atoms with van der Waals surface area (Å²) in [6.07, 6.45) is 0.550. The van der Waals surface area contributed by atoms with E-state index in [9.17, 15) is 14.4 Å². The van der Waals surface area contributed by atoms with Crippen LogP contribution in [0.3, 0.4) is 0 Å². The first-order valence-corrected chi connectivity index (χ1v) is 7.20. The number of carboxylic acids is 1. The zero-order valence-electron chi connectivity index (χ0n) is 12.7. The molecule has 0 saturated carbocycles. The highest BCUT2D eigenvalue weighted by molar-refractivity contribution is 5.97. The van der Waals surface area contributed by atoms with E-state index in [1.807, 2.05) is 20.8 Å². The number of carbonyl (C=O) groups is 3. The summed E-state index contributed by atoms with van der Waals surface area (Å²) in [5, 5.41) is 9.03. The second-order valence-corrected chi connectivity index (χ2v) is 6.58. The Bertz CT molecular complexity index is 457. The number of piperazine rings is 1. The minimum absolute atomic E-state index is 0.102. The molecule has 2 amide bonds. The fourth-order valence-electron chi connectivity index (χ4n) is 2.80. The summed E-state index contributed by atoms with van der Waals surface area (Å²) < 4.78 is 5.33. The number of piperidine rings is 1. The third kappa shape index (κ3) is 3.46. The molecule has 7 nitrogen and oxygen atoms in total. The third-order valence-corrected chi connectivity index (χ3v) is 3.80. The van der Waals surface area contributed by atoms with Gasteiger partial charge >= 0.3 is 12.1 Å². The molecule has 2 atom stereocenters. The molecule has 0 radical (unpaired) electrons. The average molecular weight is 298 g/mol. The van der Waals surface area contributed by atoms with E-state index in [2.05, 4.69) is 0 Å². The smallest absolute Gasteiger partial charge is 0.410 e. The van der Waals surface area contributed by atoms with Crippen molar-refractivity contribution < 1.29 is 24.2 Å². The highest BCUT2D eigenvalue weighted by Crippen LogP contribution is 2.27. The molecule has 0 bridgehead atoms. The number of hydrogen-bond acceptors (Lipinski definition) is 4. The van der Waals surface area contributed by atoms with Crippen LogP contribution in [-0.2, 0) is 14.3 Å². The molecule has 0 aromatic heterocycles. The highest BCUT2D eigenvalue weighted by atomic mass is 16.6. The van der Waals surface area contributed by atoms with E-state index in [4.69, 9.17) is 9.84 Å². The van der Waals surface area contributed by atoms with Crippen molar-refractivity contribution >= 4 is 18.0 Å². The van der Waals surface area contributed by atoms with E-state index >= 15 is 0 Å². The van der Waals surface area contributed by atoms with Crippen molar-refractivity contribution in [3.05, 3.63) is 0 Å². The van der Waals surface area contributed by atoms with Gasteiger partial charge in [0.25, 0.3) is 0 Å². The van der Waals surface area contributed by atoms with Gasteiger partial charge in [-0.25, -0.2) is 4.79 Å². The van der Waals surface area contributed by atoms with Crippen molar-refractivity contribution in [3.63, 3.8) is 0 Å². The molecule has 21 heavy (non-hydrogen) atoms. The van der Waals surface area contributed by atoms with Crippen LogP contribution in [-0.4, -0.2) is 64.2 Å². The molecule has 2 unspecified atom stereocenters. The Balaban J connectivity index is 1.99. The van der Waals surface area contributed by atoms with Crippen molar-refractivity contribution in [2.75, 3.05) is 19.6 Å². The summed E-state index contributed by atoms with van der Waals surface area (Å²) in [6.45, 7) is 6.58. The standard InChI is InChI=1S/C14H22N2O5/c1-14(2,3)21-13(20)15-6-7-16-9(8-15)4-5-10(11(16)17)12(18)19/h9-10H,4-8H2,1-3H3,(H,18,19). The second kappa shape index (κ2) is 5.54. The topological polar surface area (TPSA) is 87.2 Å². The maximum atomic E-state index is 12.1. The average Bonchev–Trinajstić information content (AvgIpc) is 2.36. The molecular formula is C14H22N2O5. The monoisotopic (exact) mass is 298 g/mol. The maximum absolute atomic E-state index is 12.1. The SMILES string of the molecule is CC(C)(C)OC(=O)N1CCN2C(=O)C(C(=O)O)CCC2C1. The number of hydrogen-bond donors (Lipinski definition) is 1. The largest absolute Gasteiger partial charge is 0.481 e. The Hall–Kier alpha value is -1.79. The molecule has 7 heteroatoms. The number of carboxylic acid groups (broad SMARTS) is 1. The lowest BCUT2D eigenvalue weighted by atomic mass is 9.90. The van der Waals surface area contributed by atoms with E-state index in [0.717, 1.165) is 0 Å². The fourth-order valence-corrected chi connectivity index (χ4v) is 2.80. The predicted molar refractivity (Wildman–Crippen MR) is 73.7 cm³/mol. The van der Waals surface area contributed by atoms with E-state index in [-0.39, 0.29) is 18.0 Å². The molecule has 2 aliphatic rings. The van der Waals surface area contributed by atoms with Crippen LogP contribution in [0.25, 0.3) is 0 Å². The van der Waals surface area contributed by atoms with Crippen LogP contribution in [0.15, 0.2) is 0 Å². The number of ether oxygens (including phenoxy) is 1. The van der Waals surface area contributed by atoms with Crippen LogP contribution >= 0.6 is 0 Å². The quantitative estimate of drug-likeness (QED) is 0.728. The number of carbonyl (C=O) groups excluding carboxylic acids is 2. The van der Waals surface area contributed by atoms with Gasteiger partial charge in [-0.2, -0.15) is 0 Å². The highest BCUT2D eigenvalue weighted by Gasteiger charge is 2.42. The zero-order valence-corrected chi connectivity index (χ0v) is 12.7. The molecule has 0 aliphatic carbocycles. The molecule has 2 rings (SSSR count). The van der Waals surface area contributed by atoms with Gasteiger partial charge < -0.3 is 19.6 Å². The van der Waals surface area contributed by atoms with Gasteiger partial charge in [0.2, 0.25) is 5.91 Å². The molecule has 2 heterocycles. The van der Waals surface area contributed by atoms with Crippen LogP contribution in [0.1, 0.15) is 33.6 Å². The summed E-state index contributed by atoms with van der Waals surface area (Å²) in [7, 11) is 0. The van der Waals surface area contributed by atoms with Crippen molar-refractivity contribution in [3.8, 4) is 0 Å². The van der Waals surface area contributed by atoms with Gasteiger partial charge in [-0.15, -0.1) is 0 Å². The lowest BCUT2D eigenvalue weighted by Crippen LogP contribution is -2.61. The van der Waals surface area contributed by atoms with Gasteiger partial charge in [0.1, 0.15) is 11.5 Å². The zero-order chi connectivity index (χ0) is 15.8. The van der Waals surface area contributed by atoms with Crippen LogP contribution in [0.5, 0.6) is 0 Å². The fraction of sp³-hybridized carbons (Fsp3) is 0.786. The number of nitrogens with zero attached hydrogens (tertiary/aromatic N) is 2. The molecular weight excluding hydrogens is 276 g/mol. The van der Waals surface area contributed by atoms with Crippen molar-refractivity contribution in [1.82, 2.24) is 9.80 Å². The summed E-state index contributed by atoms with van der Waals surface area (Å²) in [5.74, 6) is -2.33. The number of fused-ring (bicyclic) bond motifs is 1. The van der Waals surface area contributed by atoms with Crippen molar-refractivity contribution in [1.29, 1.82) is 0 Å². The first kappa shape index (κ1) is 15.6. The van der Waals surface area contributed by atoms with Gasteiger partial charge in [0.05, 0.1) is 0 Å². The van der Waals surface area contributed by atoms with Gasteiger partial charge in [-0.05, 0) is 33.6 Å². The predicted octanol–water partition coefficient (Wildman–Crippen LogP) is 0.929. The first-order valence-electron chi connectivity index (χ1n) is 7.20. The Labute approximate surface area is 123 Å². The Morgan fingerprint density at radius 2 is 1.90 bits per heavy atom. The van der Waals surface area contributed by atoms with Crippen LogP contribution in [0, 0.1) is 5.92 Å². The molecule has 0 aromatic carbocycles. The van der Waals surface area contributed by atoms with Gasteiger partial charge in [-0.3, -0.25) is 9.59 Å². The lowest BCUT2D eigenvalue weighted by molar-refractivity contribution is -0.157. The van der Waals surface area contributed by atoms with Gasteiger partial charge in [0, 0.05) is 25.7 Å². The van der Waals surface area contributed by atoms with Crippen molar-refractivity contribution in [2.24, 2.45) is 5.92 Å². The van der Waals surface area contributed by atoms with E-state index < -0.39 is 17.5 Å². The Kier molecular flexibility index (Phi) is 4.11. The van der Waals surface area contributed by atoms with Gasteiger partial charge in [0.15, 0.2) is 0 Å². The normalized spacial score (nSPS) is 26.3. The van der Waals surface area contributed by atoms with E-state index in [1.54, 1.807) is 9.80 Å². The van der Waals surface area contributed by atoms with Crippen molar-refractivity contribution in [2.45, 2.75) is 45.3 Å². The Morgan fingerprint density at radius 3 is 2.48 bits per heavy atom. The Morgan fingerprint density at radius 1 is 1.24 bits per heavy atom. The third-order valence-electron chi connectivity index (χ3n) is 3.80. The van der Waals surface area contributed by atoms with E-state index in [0.29, 0.717) is 32.5 Å². The summed E-state index contributed by atoms with van der Waals surface area (Å²) in [6, 6.07) is -0.102. The number of amides is 2. The number of aliphatic carboxylic acids is 1. The van der Waals surface area contributed by atoms with Crippen LogP contribution in [0.2, 0.25) is 0 Å². The molecule has 0 aromatic rings. The molecule has 2 aliphatic heterocycles. The van der Waals surface area contributed by atoms with Gasteiger partial charge in [-0.1, -0.05) is 0 Å². The molecule has 0 spiro atoms. The summed E-state index contributed by atoms with van der Waals surface area (Å²) in [4.78, 5) is 38.4. The lowest BCUT2D eigenvalue weighted by Gasteiger charge is -2.45. The van der Waals surface area contributed by atoms with Crippen LogP contribution in [0.4, 0.5) is 4.79 Å². The molecule has 118 valence electrons. The maximum Gasteiger partial charge on any atom is 0.410 e. The number of rotatable bonds is 1. The molecule has 1 N–H and O–H groups in total. The second-order valence-electron chi connectivity index (χ2n) is 6.58. The molecule has 2 fully saturated rings. The summed E-state index contributed by atoms with van der Waals surface area (Å²) >= 11 is 0.